The molecule has 1 aromatic rings. The first-order valence-electron chi connectivity index (χ1n) is 8.81. The van der Waals surface area contributed by atoms with Crippen LogP contribution in [0.1, 0.15) is 44.9 Å². The Labute approximate surface area is 152 Å². The fourth-order valence-corrected chi connectivity index (χ4v) is 2.09. The number of nitrogens with one attached hydrogen (secondary N) is 2. The van der Waals surface area contributed by atoms with Crippen LogP contribution in [0.25, 0.3) is 0 Å². The lowest BCUT2D eigenvalue weighted by Crippen LogP contribution is -2.28. The Balaban J connectivity index is 0.000000174. The lowest BCUT2D eigenvalue weighted by Gasteiger charge is -2.08. The highest BCUT2D eigenvalue weighted by molar-refractivity contribution is 5.77. The Kier molecular flexibility index (Phi) is 11.2. The van der Waals surface area contributed by atoms with Gasteiger partial charge in [-0.2, -0.15) is 0 Å². The summed E-state index contributed by atoms with van der Waals surface area (Å²) in [5.74, 6) is 0.372. The van der Waals surface area contributed by atoms with Crippen molar-refractivity contribution >= 4 is 17.8 Å². The highest BCUT2D eigenvalue weighted by Gasteiger charge is 2.08. The molecule has 0 saturated carbocycles. The van der Waals surface area contributed by atoms with E-state index in [1.165, 1.54) is 12.3 Å². The molecule has 3 saturated heterocycles. The van der Waals surface area contributed by atoms with Crippen LogP contribution in [0.4, 0.5) is 0 Å². The van der Waals surface area contributed by atoms with E-state index >= 15 is 0 Å². The molecular formula is C18H26N2O6. The molecule has 3 fully saturated rings. The van der Waals surface area contributed by atoms with E-state index in [1.807, 2.05) is 0 Å². The zero-order chi connectivity index (χ0) is 19.0. The zero-order valence-corrected chi connectivity index (χ0v) is 14.8. The lowest BCUT2D eigenvalue weighted by molar-refractivity contribution is -0.138. The van der Waals surface area contributed by atoms with Crippen LogP contribution in [-0.2, 0) is 19.1 Å². The van der Waals surface area contributed by atoms with Gasteiger partial charge in [-0.25, -0.2) is 4.79 Å². The van der Waals surface area contributed by atoms with Gasteiger partial charge in [0, 0.05) is 38.4 Å². The average molecular weight is 366 g/mol. The van der Waals surface area contributed by atoms with Gasteiger partial charge in [0.25, 0.3) is 0 Å². The van der Waals surface area contributed by atoms with Crippen molar-refractivity contribution < 1.29 is 23.5 Å². The van der Waals surface area contributed by atoms with Crippen molar-refractivity contribution in [3.8, 4) is 0 Å². The summed E-state index contributed by atoms with van der Waals surface area (Å²) in [7, 11) is 0. The molecule has 144 valence electrons. The Hall–Kier alpha value is -2.64. The Morgan fingerprint density at radius 2 is 1.46 bits per heavy atom. The highest BCUT2D eigenvalue weighted by atomic mass is 16.5. The molecule has 3 aliphatic rings. The third kappa shape index (κ3) is 11.8. The maximum absolute atomic E-state index is 10.4. The molecule has 8 heteroatoms. The fraction of sp³-hybridized carbons (Fsp3) is 0.556. The first kappa shape index (κ1) is 21.4. The lowest BCUT2D eigenvalue weighted by atomic mass is 10.2. The van der Waals surface area contributed by atoms with Crippen LogP contribution < -0.4 is 16.3 Å². The molecule has 4 heterocycles. The van der Waals surface area contributed by atoms with Crippen LogP contribution in [0.2, 0.25) is 0 Å². The normalized spacial score (nSPS) is 17.8. The Morgan fingerprint density at radius 3 is 1.69 bits per heavy atom. The number of hydrogen-bond donors (Lipinski definition) is 2. The molecule has 4 rings (SSSR count). The first-order chi connectivity index (χ1) is 12.6. The van der Waals surface area contributed by atoms with Crippen LogP contribution in [0.3, 0.4) is 0 Å². The molecule has 26 heavy (non-hydrogen) atoms. The number of piperidine rings is 1. The van der Waals surface area contributed by atoms with Crippen molar-refractivity contribution in [1.29, 1.82) is 0 Å². The van der Waals surface area contributed by atoms with Crippen LogP contribution in [0.5, 0.6) is 0 Å². The molecule has 2 amide bonds. The number of amides is 2. The van der Waals surface area contributed by atoms with Gasteiger partial charge in [-0.1, -0.05) is 6.07 Å². The minimum absolute atomic E-state index is 0.0463. The molecule has 2 N–H and O–H groups in total. The highest BCUT2D eigenvalue weighted by Crippen LogP contribution is 2.01. The predicted octanol–water partition coefficient (Wildman–Crippen LogP) is 1.15. The van der Waals surface area contributed by atoms with Gasteiger partial charge < -0.3 is 19.8 Å². The van der Waals surface area contributed by atoms with E-state index in [0.29, 0.717) is 13.0 Å². The summed E-state index contributed by atoms with van der Waals surface area (Å²) in [5, 5.41) is 5.42. The minimum Gasteiger partial charge on any atom is -0.466 e. The van der Waals surface area contributed by atoms with Gasteiger partial charge in [0.15, 0.2) is 0 Å². The first-order valence-corrected chi connectivity index (χ1v) is 8.81. The third-order valence-corrected chi connectivity index (χ3v) is 3.45. The summed E-state index contributed by atoms with van der Waals surface area (Å²) in [4.78, 5) is 40.6. The number of ether oxygens (including phenoxy) is 1. The van der Waals surface area contributed by atoms with Crippen molar-refractivity contribution in [2.75, 3.05) is 19.7 Å². The summed E-state index contributed by atoms with van der Waals surface area (Å²) < 4.78 is 8.89. The van der Waals surface area contributed by atoms with Gasteiger partial charge in [0.2, 0.25) is 11.8 Å². The summed E-state index contributed by atoms with van der Waals surface area (Å²) in [6, 6.07) is 4.65. The number of rotatable bonds is 0. The van der Waals surface area contributed by atoms with Crippen molar-refractivity contribution in [3.63, 3.8) is 0 Å². The van der Waals surface area contributed by atoms with E-state index in [4.69, 9.17) is 0 Å². The minimum atomic E-state index is -0.303. The number of hydrogen-bond acceptors (Lipinski definition) is 6. The molecular weight excluding hydrogens is 340 g/mol. The number of carbonyl (C=O) groups excluding carboxylic acids is 3. The average Bonchev–Trinajstić information content (AvgIpc) is 3.31. The van der Waals surface area contributed by atoms with Gasteiger partial charge in [-0.05, 0) is 31.7 Å². The van der Waals surface area contributed by atoms with Gasteiger partial charge >= 0.3 is 11.6 Å². The molecule has 3 aliphatic heterocycles. The molecule has 1 aromatic heterocycles. The van der Waals surface area contributed by atoms with E-state index in [2.05, 4.69) is 19.8 Å². The molecule has 0 radical (unpaired) electrons. The van der Waals surface area contributed by atoms with Crippen LogP contribution in [0.15, 0.2) is 33.7 Å². The second kappa shape index (κ2) is 13.6. The van der Waals surface area contributed by atoms with E-state index < -0.39 is 0 Å². The van der Waals surface area contributed by atoms with Gasteiger partial charge in [0.1, 0.15) is 0 Å². The molecule has 0 aliphatic carbocycles. The standard InChI is InChI=1S/C5H9NO.C5H4O2.C4H7NO.C4H6O2/c7-5-3-1-2-4-6-5;6-5-3-1-2-4-7-5;6-4-2-1-3-5-4;5-4-2-1-3-6-4/h1-4H2,(H,6,7);1-4H;1-3H2,(H,5,6);1-3H2. The predicted molar refractivity (Wildman–Crippen MR) is 94.3 cm³/mol. The molecule has 0 bridgehead atoms. The Bertz CT molecular complexity index is 552. The zero-order valence-electron chi connectivity index (χ0n) is 14.8. The summed E-state index contributed by atoms with van der Waals surface area (Å²) in [6.45, 7) is 2.41. The number of carbonyl (C=O) groups is 3. The Morgan fingerprint density at radius 1 is 0.769 bits per heavy atom. The second-order valence-corrected chi connectivity index (χ2v) is 5.71. The fourth-order valence-electron chi connectivity index (χ4n) is 2.09. The van der Waals surface area contributed by atoms with Crippen molar-refractivity contribution in [3.05, 3.63) is 34.9 Å². The number of esters is 1. The van der Waals surface area contributed by atoms with E-state index in [0.717, 1.165) is 51.6 Å². The smallest absolute Gasteiger partial charge is 0.335 e. The van der Waals surface area contributed by atoms with Crippen molar-refractivity contribution in [2.45, 2.75) is 44.9 Å². The van der Waals surface area contributed by atoms with E-state index in [1.54, 1.807) is 12.1 Å². The maximum atomic E-state index is 10.4. The number of cyclic esters (lactones) is 1. The van der Waals surface area contributed by atoms with E-state index in [-0.39, 0.29) is 23.4 Å². The van der Waals surface area contributed by atoms with Crippen LogP contribution in [0, 0.1) is 0 Å². The molecule has 0 spiro atoms. The maximum Gasteiger partial charge on any atom is 0.335 e. The van der Waals surface area contributed by atoms with Crippen molar-refractivity contribution in [1.82, 2.24) is 10.6 Å². The van der Waals surface area contributed by atoms with Gasteiger partial charge in [-0.15, -0.1) is 0 Å². The monoisotopic (exact) mass is 366 g/mol. The second-order valence-electron chi connectivity index (χ2n) is 5.71. The summed E-state index contributed by atoms with van der Waals surface area (Å²) in [6.07, 6.45) is 7.62. The van der Waals surface area contributed by atoms with Crippen LogP contribution >= 0.6 is 0 Å². The molecule has 8 nitrogen and oxygen atoms in total. The van der Waals surface area contributed by atoms with Crippen LogP contribution in [-0.4, -0.2) is 37.5 Å². The molecule has 0 atom stereocenters. The van der Waals surface area contributed by atoms with E-state index in [9.17, 15) is 19.2 Å². The third-order valence-electron chi connectivity index (χ3n) is 3.45. The van der Waals surface area contributed by atoms with Gasteiger partial charge in [0.05, 0.1) is 12.9 Å². The molecule has 0 aromatic carbocycles. The molecule has 0 unspecified atom stereocenters. The SMILES string of the molecule is O=C1CCCCN1.O=C1CCCN1.O=C1CCCO1.O=c1cccco1. The van der Waals surface area contributed by atoms with Crippen molar-refractivity contribution in [2.24, 2.45) is 0 Å². The summed E-state index contributed by atoms with van der Waals surface area (Å²) >= 11 is 0. The summed E-state index contributed by atoms with van der Waals surface area (Å²) in [5.41, 5.74) is -0.303. The van der Waals surface area contributed by atoms with Gasteiger partial charge in [-0.3, -0.25) is 14.4 Å². The largest absolute Gasteiger partial charge is 0.466 e. The topological polar surface area (TPSA) is 115 Å². The quantitative estimate of drug-likeness (QED) is 0.666.